The number of carbonyl (C=O) groups is 1. The molecule has 0 bridgehead atoms. The van der Waals surface area contributed by atoms with E-state index < -0.39 is 5.97 Å². The minimum Gasteiger partial charge on any atom is -0.519 e. The molecule has 0 aromatic carbocycles. The molecule has 0 aliphatic rings. The summed E-state index contributed by atoms with van der Waals surface area (Å²) in [5, 5.41) is 14.4. The normalized spacial score (nSPS) is 6.71. The standard InChI is InChI=1S/C8H10NO2.CN.Fe/c1-3-4-5-11-8(10)7(2)6-9;1-2;/h2H,3-5H2,1H3;;/q2*-1;+2. The predicted octanol–water partition coefficient (Wildman–Crippen LogP) is 1.31. The van der Waals surface area contributed by atoms with Crippen molar-refractivity contribution in [2.24, 2.45) is 0 Å². The molecule has 76 valence electrons. The number of carbonyl (C=O) groups excluding carboxylic acids is 1. The van der Waals surface area contributed by atoms with Crippen LogP contribution in [0.5, 0.6) is 0 Å². The molecule has 0 aliphatic carbocycles. The van der Waals surface area contributed by atoms with Crippen molar-refractivity contribution >= 4 is 5.97 Å². The Kier molecular flexibility index (Phi) is 18.8. The van der Waals surface area contributed by atoms with Crippen molar-refractivity contribution in [3.63, 3.8) is 0 Å². The van der Waals surface area contributed by atoms with Crippen LogP contribution in [0.3, 0.4) is 0 Å². The average Bonchev–Trinajstić information content (AvgIpc) is 2.20. The number of esters is 1. The Morgan fingerprint density at radius 1 is 1.57 bits per heavy atom. The first-order valence-electron chi connectivity index (χ1n) is 3.64. The third-order valence-corrected chi connectivity index (χ3v) is 1.07. The van der Waals surface area contributed by atoms with Crippen molar-refractivity contribution in [1.82, 2.24) is 0 Å². The van der Waals surface area contributed by atoms with Crippen molar-refractivity contribution < 1.29 is 26.6 Å². The molecular weight excluding hydrogens is 224 g/mol. The maximum atomic E-state index is 10.6. The molecule has 0 aromatic heterocycles. The van der Waals surface area contributed by atoms with Crippen LogP contribution in [-0.2, 0) is 26.6 Å². The van der Waals surface area contributed by atoms with E-state index in [1.807, 2.05) is 6.92 Å². The number of rotatable bonds is 4. The average molecular weight is 234 g/mol. The summed E-state index contributed by atoms with van der Waals surface area (Å²) in [6.45, 7) is 12.0. The van der Waals surface area contributed by atoms with Gasteiger partial charge < -0.3 is 21.4 Å². The van der Waals surface area contributed by atoms with Gasteiger partial charge in [-0.1, -0.05) is 25.0 Å². The minimum atomic E-state index is -0.721. The van der Waals surface area contributed by atoms with E-state index in [1.54, 1.807) is 0 Å². The van der Waals surface area contributed by atoms with Crippen LogP contribution in [0.2, 0.25) is 0 Å². The van der Waals surface area contributed by atoms with Crippen molar-refractivity contribution in [3.8, 4) is 6.07 Å². The number of nitriles is 1. The number of ether oxygens (including phenoxy) is 1. The molecule has 0 aliphatic heterocycles. The fraction of sp³-hybridized carbons (Fsp3) is 0.444. The van der Waals surface area contributed by atoms with Crippen LogP contribution in [0.1, 0.15) is 19.8 Å². The van der Waals surface area contributed by atoms with E-state index in [-0.39, 0.29) is 22.6 Å². The molecule has 0 heterocycles. The van der Waals surface area contributed by atoms with Gasteiger partial charge in [0.25, 0.3) is 0 Å². The first-order chi connectivity index (χ1) is 6.22. The van der Waals surface area contributed by atoms with Crippen LogP contribution in [0.15, 0.2) is 5.57 Å². The Morgan fingerprint density at radius 3 is 2.43 bits per heavy atom. The molecule has 0 aromatic rings. The first kappa shape index (κ1) is 18.5. The smallest absolute Gasteiger partial charge is 0.519 e. The minimum absolute atomic E-state index is 0. The quantitative estimate of drug-likeness (QED) is 0.183. The Morgan fingerprint density at radius 2 is 2.07 bits per heavy atom. The topological polar surface area (TPSA) is 73.9 Å². The molecule has 0 atom stereocenters. The molecule has 0 radical (unpaired) electrons. The molecule has 4 nitrogen and oxygen atoms in total. The third kappa shape index (κ3) is 10.7. The molecule has 0 spiro atoms. The molecule has 0 saturated heterocycles. The fourth-order valence-corrected chi connectivity index (χ4v) is 0.433. The van der Waals surface area contributed by atoms with Gasteiger partial charge in [0.15, 0.2) is 0 Å². The number of unbranched alkanes of at least 4 members (excludes halogenated alkanes) is 1. The van der Waals surface area contributed by atoms with Crippen molar-refractivity contribution in [2.75, 3.05) is 6.61 Å². The molecule has 0 amide bonds. The monoisotopic (exact) mass is 234 g/mol. The fourth-order valence-electron chi connectivity index (χ4n) is 0.433. The Balaban J connectivity index is -0.000000376. The van der Waals surface area contributed by atoms with Gasteiger partial charge >= 0.3 is 17.1 Å². The summed E-state index contributed by atoms with van der Waals surface area (Å²) in [6, 6.07) is 1.51. The molecular formula is C9H10FeN2O2. The van der Waals surface area contributed by atoms with Crippen molar-refractivity contribution in [2.45, 2.75) is 19.8 Å². The Labute approximate surface area is 94.6 Å². The van der Waals surface area contributed by atoms with Gasteiger partial charge in [-0.3, -0.25) is 5.26 Å². The van der Waals surface area contributed by atoms with E-state index >= 15 is 0 Å². The van der Waals surface area contributed by atoms with E-state index in [9.17, 15) is 4.79 Å². The second kappa shape index (κ2) is 14.2. The summed E-state index contributed by atoms with van der Waals surface area (Å²) in [5.74, 6) is -0.721. The van der Waals surface area contributed by atoms with Gasteiger partial charge in [0.1, 0.15) is 0 Å². The van der Waals surface area contributed by atoms with Crippen LogP contribution >= 0.6 is 0 Å². The Hall–Kier alpha value is -1.29. The van der Waals surface area contributed by atoms with Crippen LogP contribution in [0.25, 0.3) is 0 Å². The summed E-state index contributed by atoms with van der Waals surface area (Å²) < 4.78 is 4.61. The summed E-state index contributed by atoms with van der Waals surface area (Å²) in [5.41, 5.74) is -0.388. The van der Waals surface area contributed by atoms with Gasteiger partial charge in [-0.25, -0.2) is 6.58 Å². The summed E-state index contributed by atoms with van der Waals surface area (Å²) >= 11 is 0. The zero-order valence-corrected chi connectivity index (χ0v) is 8.87. The molecule has 5 heteroatoms. The molecule has 0 unspecified atom stereocenters. The number of hydrogen-bond donors (Lipinski definition) is 0. The number of nitrogens with zero attached hydrogens (tertiary/aromatic N) is 2. The van der Waals surface area contributed by atoms with Crippen LogP contribution < -0.4 is 0 Å². The zero-order valence-electron chi connectivity index (χ0n) is 7.76. The van der Waals surface area contributed by atoms with Crippen LogP contribution in [0, 0.1) is 29.7 Å². The number of hydrogen-bond acceptors (Lipinski definition) is 4. The van der Waals surface area contributed by atoms with Gasteiger partial charge in [0.05, 0.1) is 6.61 Å². The van der Waals surface area contributed by atoms with Gasteiger partial charge in [-0.2, -0.15) is 0 Å². The molecule has 0 rings (SSSR count). The van der Waals surface area contributed by atoms with E-state index in [2.05, 4.69) is 4.74 Å². The predicted molar refractivity (Wildman–Crippen MR) is 44.3 cm³/mol. The van der Waals surface area contributed by atoms with Gasteiger partial charge in [-0.15, -0.1) is 0 Å². The molecule has 14 heavy (non-hydrogen) atoms. The van der Waals surface area contributed by atoms with Gasteiger partial charge in [0, 0.05) is 0 Å². The van der Waals surface area contributed by atoms with Gasteiger partial charge in [0.2, 0.25) is 5.97 Å². The Bertz CT molecular complexity index is 231. The second-order valence-electron chi connectivity index (χ2n) is 2.01. The van der Waals surface area contributed by atoms with E-state index in [0.717, 1.165) is 12.8 Å². The first-order valence-corrected chi connectivity index (χ1v) is 3.64. The zero-order chi connectivity index (χ0) is 10.7. The maximum Gasteiger partial charge on any atom is 2.00 e. The summed E-state index contributed by atoms with van der Waals surface area (Å²) in [4.78, 5) is 10.6. The molecule has 0 N–H and O–H groups in total. The largest absolute Gasteiger partial charge is 2.00 e. The van der Waals surface area contributed by atoms with Crippen LogP contribution in [-0.4, -0.2) is 12.6 Å². The van der Waals surface area contributed by atoms with Crippen molar-refractivity contribution in [1.29, 1.82) is 10.5 Å². The summed E-state index contributed by atoms with van der Waals surface area (Å²) in [6.07, 6.45) is 1.74. The second-order valence-corrected chi connectivity index (χ2v) is 2.01. The van der Waals surface area contributed by atoms with Crippen molar-refractivity contribution in [3.05, 3.63) is 18.7 Å². The molecule has 0 saturated carbocycles. The van der Waals surface area contributed by atoms with E-state index in [0.29, 0.717) is 6.61 Å². The van der Waals surface area contributed by atoms with Gasteiger partial charge in [-0.05, 0) is 6.42 Å². The van der Waals surface area contributed by atoms with Crippen LogP contribution in [0.4, 0.5) is 0 Å². The maximum absolute atomic E-state index is 10.6. The van der Waals surface area contributed by atoms with E-state index in [1.165, 1.54) is 6.07 Å². The molecule has 0 fully saturated rings. The SMILES string of the molecule is [C-]#N.[CH-]=C(C#N)C(=O)OCCCC.[Fe+2]. The summed E-state index contributed by atoms with van der Waals surface area (Å²) in [7, 11) is 0. The van der Waals surface area contributed by atoms with E-state index in [4.69, 9.17) is 23.7 Å². The third-order valence-electron chi connectivity index (χ3n) is 1.07.